The van der Waals surface area contributed by atoms with E-state index in [1.54, 1.807) is 6.07 Å². The largest absolute Gasteiger partial charge is 0.455 e. The quantitative estimate of drug-likeness (QED) is 0.482. The van der Waals surface area contributed by atoms with E-state index in [1.165, 1.54) is 0 Å². The van der Waals surface area contributed by atoms with Gasteiger partial charge in [-0.3, -0.25) is 0 Å². The molecule has 0 unspecified atom stereocenters. The van der Waals surface area contributed by atoms with Crippen LogP contribution in [0.1, 0.15) is 12.5 Å². The smallest absolute Gasteiger partial charge is 0.146 e. The molecule has 0 spiro atoms. The van der Waals surface area contributed by atoms with Crippen LogP contribution in [0.4, 0.5) is 5.69 Å². The number of hydrogen-bond acceptors (Lipinski definition) is 2. The second-order valence-electron chi connectivity index (χ2n) is 4.92. The Kier molecular flexibility index (Phi) is 5.86. The summed E-state index contributed by atoms with van der Waals surface area (Å²) in [6, 6.07) is 11.3. The molecule has 3 nitrogen and oxygen atoms in total. The Bertz CT molecular complexity index is 688. The highest BCUT2D eigenvalue weighted by molar-refractivity contribution is 9.10. The molecule has 22 heavy (non-hydrogen) atoms. The van der Waals surface area contributed by atoms with Crippen LogP contribution in [0.15, 0.2) is 45.9 Å². The predicted octanol–water partition coefficient (Wildman–Crippen LogP) is 5.81. The molecule has 0 fully saturated rings. The van der Waals surface area contributed by atoms with Crippen LogP contribution in [0.2, 0.25) is 5.02 Å². The Balaban J connectivity index is 2.27. The van der Waals surface area contributed by atoms with Gasteiger partial charge in [0.2, 0.25) is 0 Å². The Morgan fingerprint density at radius 1 is 1.27 bits per heavy atom. The van der Waals surface area contributed by atoms with Crippen LogP contribution in [-0.4, -0.2) is 24.8 Å². The Morgan fingerprint density at radius 3 is 2.68 bits per heavy atom. The standard InChI is InChI=1S/C17H18BrClN2O/c1-4-21(3)11-20-15-9-12(2)17(10-13(15)18)22-16-8-6-5-7-14(16)19/h5-11H,4H2,1-3H3/b20-11+. The first-order valence-corrected chi connectivity index (χ1v) is 8.15. The highest BCUT2D eigenvalue weighted by Gasteiger charge is 2.09. The molecule has 2 rings (SSSR count). The minimum atomic E-state index is 0.588. The average Bonchev–Trinajstić information content (AvgIpc) is 2.51. The second kappa shape index (κ2) is 7.65. The lowest BCUT2D eigenvalue weighted by atomic mass is 10.2. The van der Waals surface area contributed by atoms with Crippen molar-refractivity contribution in [2.24, 2.45) is 4.99 Å². The fourth-order valence-corrected chi connectivity index (χ4v) is 2.34. The molecule has 2 aromatic carbocycles. The molecular weight excluding hydrogens is 364 g/mol. The maximum absolute atomic E-state index is 6.13. The zero-order valence-electron chi connectivity index (χ0n) is 12.8. The lowest BCUT2D eigenvalue weighted by Gasteiger charge is -2.12. The summed E-state index contributed by atoms with van der Waals surface area (Å²) in [5, 5.41) is 0.588. The van der Waals surface area contributed by atoms with Crippen molar-refractivity contribution in [1.29, 1.82) is 0 Å². The second-order valence-corrected chi connectivity index (χ2v) is 6.18. The van der Waals surface area contributed by atoms with Crippen molar-refractivity contribution in [1.82, 2.24) is 4.90 Å². The molecule has 0 N–H and O–H groups in total. The molecule has 0 saturated heterocycles. The average molecular weight is 382 g/mol. The van der Waals surface area contributed by atoms with Gasteiger partial charge in [0, 0.05) is 18.1 Å². The SMILES string of the molecule is CCN(C)/C=N/c1cc(C)c(Oc2ccccc2Cl)cc1Br. The van der Waals surface area contributed by atoms with E-state index in [4.69, 9.17) is 16.3 Å². The summed E-state index contributed by atoms with van der Waals surface area (Å²) in [7, 11) is 1.99. The van der Waals surface area contributed by atoms with E-state index in [1.807, 2.05) is 55.5 Å². The number of aryl methyl sites for hydroxylation is 1. The van der Waals surface area contributed by atoms with Crippen molar-refractivity contribution in [3.05, 3.63) is 51.5 Å². The molecule has 0 radical (unpaired) electrons. The molecule has 2 aromatic rings. The van der Waals surface area contributed by atoms with Crippen LogP contribution >= 0.6 is 27.5 Å². The van der Waals surface area contributed by atoms with Gasteiger partial charge in [-0.25, -0.2) is 4.99 Å². The van der Waals surface area contributed by atoms with Gasteiger partial charge in [-0.05, 0) is 59.6 Å². The van der Waals surface area contributed by atoms with Crippen molar-refractivity contribution < 1.29 is 4.74 Å². The highest BCUT2D eigenvalue weighted by Crippen LogP contribution is 2.36. The van der Waals surface area contributed by atoms with Gasteiger partial charge in [0.25, 0.3) is 0 Å². The van der Waals surface area contributed by atoms with Gasteiger partial charge in [-0.1, -0.05) is 23.7 Å². The van der Waals surface area contributed by atoms with Gasteiger partial charge in [-0.2, -0.15) is 0 Å². The first-order valence-electron chi connectivity index (χ1n) is 6.98. The molecule has 0 aliphatic heterocycles. The number of benzene rings is 2. The summed E-state index contributed by atoms with van der Waals surface area (Å²) in [6.07, 6.45) is 1.81. The molecule has 5 heteroatoms. The zero-order chi connectivity index (χ0) is 16.1. The minimum absolute atomic E-state index is 0.588. The molecule has 0 bridgehead atoms. The number of para-hydroxylation sites is 1. The fourth-order valence-electron chi connectivity index (χ4n) is 1.75. The van der Waals surface area contributed by atoms with Gasteiger partial charge in [0.15, 0.2) is 0 Å². The fraction of sp³-hybridized carbons (Fsp3) is 0.235. The van der Waals surface area contributed by atoms with E-state index in [0.717, 1.165) is 28.0 Å². The van der Waals surface area contributed by atoms with E-state index < -0.39 is 0 Å². The van der Waals surface area contributed by atoms with Gasteiger partial charge in [0.1, 0.15) is 11.5 Å². The van der Waals surface area contributed by atoms with E-state index >= 15 is 0 Å². The molecule has 0 amide bonds. The molecule has 0 aliphatic rings. The first kappa shape index (κ1) is 16.8. The first-order chi connectivity index (χ1) is 10.5. The Morgan fingerprint density at radius 2 is 2.00 bits per heavy atom. The van der Waals surface area contributed by atoms with Gasteiger partial charge in [-0.15, -0.1) is 0 Å². The third kappa shape index (κ3) is 4.24. The Labute approximate surface area is 144 Å². The normalized spacial score (nSPS) is 11.0. The van der Waals surface area contributed by atoms with Crippen LogP contribution in [-0.2, 0) is 0 Å². The van der Waals surface area contributed by atoms with Crippen molar-refractivity contribution in [2.75, 3.05) is 13.6 Å². The van der Waals surface area contributed by atoms with Crippen molar-refractivity contribution in [2.45, 2.75) is 13.8 Å². The van der Waals surface area contributed by atoms with Crippen LogP contribution in [0, 0.1) is 6.92 Å². The molecule has 0 atom stereocenters. The van der Waals surface area contributed by atoms with Crippen LogP contribution in [0.3, 0.4) is 0 Å². The summed E-state index contributed by atoms with van der Waals surface area (Å²) in [5.74, 6) is 1.39. The minimum Gasteiger partial charge on any atom is -0.455 e. The van der Waals surface area contributed by atoms with E-state index in [0.29, 0.717) is 10.8 Å². The zero-order valence-corrected chi connectivity index (χ0v) is 15.1. The van der Waals surface area contributed by atoms with Crippen molar-refractivity contribution in [3.63, 3.8) is 0 Å². The van der Waals surface area contributed by atoms with Crippen LogP contribution < -0.4 is 4.74 Å². The van der Waals surface area contributed by atoms with Crippen molar-refractivity contribution >= 4 is 39.6 Å². The summed E-state index contributed by atoms with van der Waals surface area (Å²) in [5.41, 5.74) is 1.86. The summed E-state index contributed by atoms with van der Waals surface area (Å²) < 4.78 is 6.77. The summed E-state index contributed by atoms with van der Waals surface area (Å²) >= 11 is 9.67. The van der Waals surface area contributed by atoms with Gasteiger partial charge < -0.3 is 9.64 Å². The molecule has 0 heterocycles. The third-order valence-corrected chi connectivity index (χ3v) is 4.14. The molecular formula is C17H18BrClN2O. The van der Waals surface area contributed by atoms with Crippen molar-refractivity contribution in [3.8, 4) is 11.5 Å². The van der Waals surface area contributed by atoms with E-state index in [9.17, 15) is 0 Å². The predicted molar refractivity (Wildman–Crippen MR) is 96.9 cm³/mol. The number of ether oxygens (including phenoxy) is 1. The lowest BCUT2D eigenvalue weighted by molar-refractivity contribution is 0.479. The number of aliphatic imine (C=N–C) groups is 1. The third-order valence-electron chi connectivity index (χ3n) is 3.19. The monoisotopic (exact) mass is 380 g/mol. The molecule has 116 valence electrons. The lowest BCUT2D eigenvalue weighted by Crippen LogP contribution is -2.14. The van der Waals surface area contributed by atoms with Gasteiger partial charge >= 0.3 is 0 Å². The summed E-state index contributed by atoms with van der Waals surface area (Å²) in [4.78, 5) is 6.49. The van der Waals surface area contributed by atoms with Gasteiger partial charge in [0.05, 0.1) is 17.0 Å². The number of rotatable bonds is 5. The topological polar surface area (TPSA) is 24.8 Å². The summed E-state index contributed by atoms with van der Waals surface area (Å²) in [6.45, 7) is 4.97. The van der Waals surface area contributed by atoms with E-state index in [2.05, 4.69) is 27.8 Å². The number of nitrogens with zero attached hydrogens (tertiary/aromatic N) is 2. The maximum Gasteiger partial charge on any atom is 0.146 e. The molecule has 0 aromatic heterocycles. The number of halogens is 2. The highest BCUT2D eigenvalue weighted by atomic mass is 79.9. The van der Waals surface area contributed by atoms with Crippen LogP contribution in [0.25, 0.3) is 0 Å². The Hall–Kier alpha value is -1.52. The van der Waals surface area contributed by atoms with E-state index in [-0.39, 0.29) is 0 Å². The number of hydrogen-bond donors (Lipinski definition) is 0. The molecule has 0 aliphatic carbocycles. The molecule has 0 saturated carbocycles. The van der Waals surface area contributed by atoms with Crippen LogP contribution in [0.5, 0.6) is 11.5 Å². The maximum atomic E-state index is 6.13.